The van der Waals surface area contributed by atoms with Crippen molar-refractivity contribution in [1.29, 1.82) is 0 Å². The van der Waals surface area contributed by atoms with Crippen molar-refractivity contribution in [3.63, 3.8) is 0 Å². The summed E-state index contributed by atoms with van der Waals surface area (Å²) in [6.45, 7) is 0. The number of hydrogen-bond donors (Lipinski definition) is 1. The molecule has 4 nitrogen and oxygen atoms in total. The Morgan fingerprint density at radius 3 is 2.56 bits per heavy atom. The Bertz CT molecular complexity index is 514. The van der Waals surface area contributed by atoms with E-state index in [1.54, 1.807) is 18.2 Å². The number of anilines is 1. The Kier molecular flexibility index (Phi) is 5.81. The Balaban J connectivity index is 2.76. The molecule has 0 heterocycles. The topological polar surface area (TPSA) is 63.2 Å². The summed E-state index contributed by atoms with van der Waals surface area (Å²) < 4.78 is 23.1. The van der Waals surface area contributed by atoms with Gasteiger partial charge in [0, 0.05) is 18.0 Å². The van der Waals surface area contributed by atoms with Gasteiger partial charge in [-0.1, -0.05) is 28.1 Å². The van der Waals surface area contributed by atoms with Crippen LogP contribution in [0, 0.1) is 0 Å². The zero-order chi connectivity index (χ0) is 13.6. The number of carbonyl (C=O) groups is 1. The number of nitrogens with one attached hydrogen (secondary N) is 1. The number of alkyl halides is 1. The molecule has 1 aromatic carbocycles. The standard InChI is InChI=1S/C12H16BrNO3S/c1-18(16,17)11-7-3-2-6-10(11)14-12(15)8-4-5-9-13/h2-3,6-7H,4-5,8-9H2,1H3,(H,14,15). The van der Waals surface area contributed by atoms with Crippen LogP contribution in [0.15, 0.2) is 29.2 Å². The van der Waals surface area contributed by atoms with Crippen molar-refractivity contribution in [3.05, 3.63) is 24.3 Å². The molecule has 0 spiro atoms. The monoisotopic (exact) mass is 333 g/mol. The van der Waals surface area contributed by atoms with E-state index in [-0.39, 0.29) is 10.8 Å². The van der Waals surface area contributed by atoms with Crippen molar-refractivity contribution in [1.82, 2.24) is 0 Å². The molecule has 0 aliphatic carbocycles. The highest BCUT2D eigenvalue weighted by atomic mass is 79.9. The number of rotatable bonds is 6. The fraction of sp³-hybridized carbons (Fsp3) is 0.417. The number of hydrogen-bond acceptors (Lipinski definition) is 3. The van der Waals surface area contributed by atoms with Gasteiger partial charge in [0.1, 0.15) is 0 Å². The predicted octanol–water partition coefficient (Wildman–Crippen LogP) is 2.59. The van der Waals surface area contributed by atoms with Crippen LogP contribution in [0.25, 0.3) is 0 Å². The largest absolute Gasteiger partial charge is 0.325 e. The molecule has 0 bridgehead atoms. The van der Waals surface area contributed by atoms with E-state index in [9.17, 15) is 13.2 Å². The molecule has 1 aromatic rings. The van der Waals surface area contributed by atoms with Crippen LogP contribution in [0.4, 0.5) is 5.69 Å². The SMILES string of the molecule is CS(=O)(=O)c1ccccc1NC(=O)CCCCBr. The first-order valence-electron chi connectivity index (χ1n) is 5.60. The molecule has 0 aliphatic rings. The molecule has 1 rings (SSSR count). The van der Waals surface area contributed by atoms with Crippen molar-refractivity contribution in [3.8, 4) is 0 Å². The van der Waals surface area contributed by atoms with Gasteiger partial charge in [-0.15, -0.1) is 0 Å². The first-order valence-corrected chi connectivity index (χ1v) is 8.61. The molecule has 1 N–H and O–H groups in total. The van der Waals surface area contributed by atoms with Crippen LogP contribution in [0.3, 0.4) is 0 Å². The fourth-order valence-electron chi connectivity index (χ4n) is 1.49. The molecule has 0 fully saturated rings. The molecule has 1 amide bonds. The van der Waals surface area contributed by atoms with Gasteiger partial charge in [0.05, 0.1) is 10.6 Å². The summed E-state index contributed by atoms with van der Waals surface area (Å²) in [5.41, 5.74) is 0.351. The quantitative estimate of drug-likeness (QED) is 0.642. The molecule has 0 atom stereocenters. The van der Waals surface area contributed by atoms with Crippen LogP contribution in [0.2, 0.25) is 0 Å². The third kappa shape index (κ3) is 4.78. The molecule has 18 heavy (non-hydrogen) atoms. The summed E-state index contributed by atoms with van der Waals surface area (Å²) in [5, 5.41) is 3.50. The van der Waals surface area contributed by atoms with E-state index in [4.69, 9.17) is 0 Å². The molecule has 0 aliphatic heterocycles. The first-order chi connectivity index (χ1) is 8.45. The lowest BCUT2D eigenvalue weighted by atomic mass is 10.2. The molecule has 0 aromatic heterocycles. The van der Waals surface area contributed by atoms with Gasteiger partial charge in [-0.25, -0.2) is 8.42 Å². The van der Waals surface area contributed by atoms with Crippen LogP contribution in [-0.4, -0.2) is 25.9 Å². The van der Waals surface area contributed by atoms with Crippen LogP contribution < -0.4 is 5.32 Å². The lowest BCUT2D eigenvalue weighted by Crippen LogP contribution is -2.14. The smallest absolute Gasteiger partial charge is 0.224 e. The second-order valence-electron chi connectivity index (χ2n) is 3.96. The van der Waals surface area contributed by atoms with Crippen LogP contribution in [-0.2, 0) is 14.6 Å². The molecule has 0 saturated heterocycles. The van der Waals surface area contributed by atoms with E-state index in [2.05, 4.69) is 21.2 Å². The summed E-state index contributed by atoms with van der Waals surface area (Å²) in [7, 11) is -3.33. The van der Waals surface area contributed by atoms with Gasteiger partial charge in [0.2, 0.25) is 5.91 Å². The Labute approximate surface area is 116 Å². The van der Waals surface area contributed by atoms with Crippen molar-refractivity contribution in [2.24, 2.45) is 0 Å². The summed E-state index contributed by atoms with van der Waals surface area (Å²) in [4.78, 5) is 11.8. The maximum Gasteiger partial charge on any atom is 0.224 e. The van der Waals surface area contributed by atoms with E-state index in [1.807, 2.05) is 0 Å². The number of unbranched alkanes of at least 4 members (excludes halogenated alkanes) is 1. The Hall–Kier alpha value is -0.880. The van der Waals surface area contributed by atoms with Crippen molar-refractivity contribution in [2.45, 2.75) is 24.2 Å². The van der Waals surface area contributed by atoms with Gasteiger partial charge in [-0.05, 0) is 25.0 Å². The van der Waals surface area contributed by atoms with Gasteiger partial charge < -0.3 is 5.32 Å². The molecular weight excluding hydrogens is 318 g/mol. The van der Waals surface area contributed by atoms with Crippen LogP contribution >= 0.6 is 15.9 Å². The number of sulfone groups is 1. The van der Waals surface area contributed by atoms with E-state index < -0.39 is 9.84 Å². The third-order valence-corrected chi connectivity index (χ3v) is 4.06. The second-order valence-corrected chi connectivity index (χ2v) is 6.74. The van der Waals surface area contributed by atoms with Crippen molar-refractivity contribution >= 4 is 37.4 Å². The third-order valence-electron chi connectivity index (χ3n) is 2.35. The minimum atomic E-state index is -3.33. The van der Waals surface area contributed by atoms with Gasteiger partial charge in [0.25, 0.3) is 0 Å². The first kappa shape index (κ1) is 15.2. The number of para-hydroxylation sites is 1. The normalized spacial score (nSPS) is 11.2. The number of halogens is 1. The fourth-order valence-corrected chi connectivity index (χ4v) is 2.73. The highest BCUT2D eigenvalue weighted by Gasteiger charge is 2.14. The van der Waals surface area contributed by atoms with E-state index in [1.165, 1.54) is 6.07 Å². The zero-order valence-corrected chi connectivity index (χ0v) is 12.6. The van der Waals surface area contributed by atoms with Crippen molar-refractivity contribution in [2.75, 3.05) is 16.9 Å². The van der Waals surface area contributed by atoms with Gasteiger partial charge in [-0.2, -0.15) is 0 Å². The highest BCUT2D eigenvalue weighted by molar-refractivity contribution is 9.09. The molecule has 0 radical (unpaired) electrons. The Morgan fingerprint density at radius 1 is 1.28 bits per heavy atom. The molecule has 0 saturated carbocycles. The maximum atomic E-state index is 11.6. The van der Waals surface area contributed by atoms with Gasteiger partial charge >= 0.3 is 0 Å². The Morgan fingerprint density at radius 2 is 1.94 bits per heavy atom. The predicted molar refractivity (Wildman–Crippen MR) is 75.8 cm³/mol. The maximum absolute atomic E-state index is 11.6. The van der Waals surface area contributed by atoms with E-state index in [0.717, 1.165) is 24.4 Å². The minimum absolute atomic E-state index is 0.152. The van der Waals surface area contributed by atoms with Crippen LogP contribution in [0.1, 0.15) is 19.3 Å². The van der Waals surface area contributed by atoms with Gasteiger partial charge in [-0.3, -0.25) is 4.79 Å². The highest BCUT2D eigenvalue weighted by Crippen LogP contribution is 2.20. The lowest BCUT2D eigenvalue weighted by Gasteiger charge is -2.09. The summed E-state index contributed by atoms with van der Waals surface area (Å²) in [5.74, 6) is -0.160. The molecular formula is C12H16BrNO3S. The summed E-state index contributed by atoms with van der Waals surface area (Å²) in [6.07, 6.45) is 3.21. The second kappa shape index (κ2) is 6.89. The molecule has 0 unspecified atom stereocenters. The van der Waals surface area contributed by atoms with E-state index >= 15 is 0 Å². The lowest BCUT2D eigenvalue weighted by molar-refractivity contribution is -0.116. The zero-order valence-electron chi connectivity index (χ0n) is 10.1. The van der Waals surface area contributed by atoms with Crippen LogP contribution in [0.5, 0.6) is 0 Å². The summed E-state index contributed by atoms with van der Waals surface area (Å²) in [6, 6.07) is 6.42. The average Bonchev–Trinajstić information content (AvgIpc) is 2.28. The van der Waals surface area contributed by atoms with E-state index in [0.29, 0.717) is 12.1 Å². The van der Waals surface area contributed by atoms with Crippen molar-refractivity contribution < 1.29 is 13.2 Å². The molecule has 100 valence electrons. The number of carbonyl (C=O) groups excluding carboxylic acids is 1. The minimum Gasteiger partial charge on any atom is -0.325 e. The number of amides is 1. The average molecular weight is 334 g/mol. The molecule has 6 heteroatoms. The van der Waals surface area contributed by atoms with Gasteiger partial charge in [0.15, 0.2) is 9.84 Å². The summed E-state index contributed by atoms with van der Waals surface area (Å²) >= 11 is 3.29. The number of benzene rings is 1.